The zero-order valence-corrected chi connectivity index (χ0v) is 17.1. The summed E-state index contributed by atoms with van der Waals surface area (Å²) in [4.78, 5) is 12.4. The normalized spacial score (nSPS) is 10.6. The number of thioether (sulfide) groups is 1. The molecule has 3 aromatic rings. The Morgan fingerprint density at radius 2 is 1.90 bits per heavy atom. The molecule has 0 spiro atoms. The molecule has 1 aromatic heterocycles. The minimum Gasteiger partial charge on any atom is -0.497 e. The van der Waals surface area contributed by atoms with Crippen molar-refractivity contribution < 1.29 is 18.7 Å². The largest absolute Gasteiger partial charge is 0.497 e. The monoisotopic (exact) mass is 416 g/mol. The van der Waals surface area contributed by atoms with Gasteiger partial charge in [-0.2, -0.15) is 0 Å². The minimum absolute atomic E-state index is 0.150. The first kappa shape index (κ1) is 20.7. The van der Waals surface area contributed by atoms with Crippen LogP contribution in [-0.4, -0.2) is 40.6 Å². The highest BCUT2D eigenvalue weighted by atomic mass is 32.2. The number of halogens is 1. The van der Waals surface area contributed by atoms with Gasteiger partial charge < -0.3 is 19.4 Å². The van der Waals surface area contributed by atoms with Crippen LogP contribution in [0.2, 0.25) is 0 Å². The third kappa shape index (κ3) is 4.86. The zero-order chi connectivity index (χ0) is 20.8. The van der Waals surface area contributed by atoms with Crippen LogP contribution in [0.25, 0.3) is 11.4 Å². The number of hydrogen-bond acceptors (Lipinski definition) is 6. The first-order valence-corrected chi connectivity index (χ1v) is 9.88. The lowest BCUT2D eigenvalue weighted by Gasteiger charge is -2.11. The Morgan fingerprint density at radius 1 is 1.14 bits per heavy atom. The summed E-state index contributed by atoms with van der Waals surface area (Å²) >= 11 is 1.28. The third-order valence-corrected chi connectivity index (χ3v) is 5.12. The molecular weight excluding hydrogens is 395 g/mol. The molecular formula is C20H21FN4O3S. The Kier molecular flexibility index (Phi) is 6.71. The number of ether oxygens (including phenoxy) is 2. The van der Waals surface area contributed by atoms with Crippen molar-refractivity contribution in [2.45, 2.75) is 18.6 Å². The average Bonchev–Trinajstić information content (AvgIpc) is 3.16. The first-order chi connectivity index (χ1) is 14.0. The summed E-state index contributed by atoms with van der Waals surface area (Å²) < 4.78 is 25.5. The molecule has 1 heterocycles. The Balaban J connectivity index is 1.68. The fourth-order valence-electron chi connectivity index (χ4n) is 2.71. The van der Waals surface area contributed by atoms with Gasteiger partial charge in [-0.25, -0.2) is 4.39 Å². The molecule has 0 saturated heterocycles. The second kappa shape index (κ2) is 9.42. The van der Waals surface area contributed by atoms with Crippen LogP contribution >= 0.6 is 11.8 Å². The van der Waals surface area contributed by atoms with E-state index in [-0.39, 0.29) is 17.5 Å². The molecule has 1 amide bonds. The van der Waals surface area contributed by atoms with E-state index in [2.05, 4.69) is 15.5 Å². The zero-order valence-electron chi connectivity index (χ0n) is 16.3. The van der Waals surface area contributed by atoms with E-state index in [9.17, 15) is 9.18 Å². The van der Waals surface area contributed by atoms with Crippen LogP contribution in [0, 0.1) is 5.82 Å². The minimum atomic E-state index is -0.309. The Hall–Kier alpha value is -3.07. The third-order valence-electron chi connectivity index (χ3n) is 4.15. The van der Waals surface area contributed by atoms with Gasteiger partial charge in [-0.05, 0) is 43.3 Å². The summed E-state index contributed by atoms with van der Waals surface area (Å²) in [5.41, 5.74) is 1.32. The summed E-state index contributed by atoms with van der Waals surface area (Å²) in [6, 6.07) is 11.2. The molecule has 9 heteroatoms. The summed E-state index contributed by atoms with van der Waals surface area (Å²) in [7, 11) is 3.09. The van der Waals surface area contributed by atoms with Crippen LogP contribution in [0.15, 0.2) is 47.6 Å². The molecule has 29 heavy (non-hydrogen) atoms. The van der Waals surface area contributed by atoms with Crippen molar-refractivity contribution >= 4 is 23.4 Å². The van der Waals surface area contributed by atoms with E-state index in [1.54, 1.807) is 37.4 Å². The fraction of sp³-hybridized carbons (Fsp3) is 0.250. The molecule has 0 atom stereocenters. The Bertz CT molecular complexity index is 992. The van der Waals surface area contributed by atoms with Crippen molar-refractivity contribution in [3.8, 4) is 22.9 Å². The predicted octanol–water partition coefficient (Wildman–Crippen LogP) is 3.85. The van der Waals surface area contributed by atoms with E-state index in [1.807, 2.05) is 11.5 Å². The van der Waals surface area contributed by atoms with E-state index in [1.165, 1.54) is 31.0 Å². The summed E-state index contributed by atoms with van der Waals surface area (Å²) in [5.74, 6) is 1.42. The van der Waals surface area contributed by atoms with Crippen molar-refractivity contribution in [3.63, 3.8) is 0 Å². The van der Waals surface area contributed by atoms with Gasteiger partial charge in [0.05, 0.1) is 25.7 Å². The van der Waals surface area contributed by atoms with E-state index < -0.39 is 0 Å². The number of methoxy groups -OCH3 is 2. The van der Waals surface area contributed by atoms with Crippen molar-refractivity contribution in [2.75, 3.05) is 25.3 Å². The van der Waals surface area contributed by atoms with Gasteiger partial charge in [0.25, 0.3) is 0 Å². The summed E-state index contributed by atoms with van der Waals surface area (Å²) in [6.45, 7) is 2.58. The number of hydrogen-bond donors (Lipinski definition) is 1. The molecule has 152 valence electrons. The van der Waals surface area contributed by atoms with Gasteiger partial charge >= 0.3 is 0 Å². The van der Waals surface area contributed by atoms with Gasteiger partial charge in [0.15, 0.2) is 11.0 Å². The number of nitrogens with zero attached hydrogens (tertiary/aromatic N) is 3. The van der Waals surface area contributed by atoms with Gasteiger partial charge in [0.2, 0.25) is 5.91 Å². The van der Waals surface area contributed by atoms with Crippen LogP contribution in [0.5, 0.6) is 11.5 Å². The van der Waals surface area contributed by atoms with Crippen molar-refractivity contribution in [2.24, 2.45) is 0 Å². The molecule has 0 aliphatic heterocycles. The van der Waals surface area contributed by atoms with Crippen LogP contribution in [0.4, 0.5) is 10.1 Å². The molecule has 0 radical (unpaired) electrons. The van der Waals surface area contributed by atoms with Gasteiger partial charge in [0.1, 0.15) is 17.3 Å². The Morgan fingerprint density at radius 3 is 2.55 bits per heavy atom. The molecule has 0 bridgehead atoms. The summed E-state index contributed by atoms with van der Waals surface area (Å²) in [6.07, 6.45) is 0. The number of anilines is 1. The molecule has 0 saturated carbocycles. The lowest BCUT2D eigenvalue weighted by molar-refractivity contribution is -0.113. The predicted molar refractivity (Wildman–Crippen MR) is 110 cm³/mol. The maximum Gasteiger partial charge on any atom is 0.234 e. The maximum atomic E-state index is 13.2. The van der Waals surface area contributed by atoms with Gasteiger partial charge in [0, 0.05) is 18.2 Å². The molecule has 2 aromatic carbocycles. The quantitative estimate of drug-likeness (QED) is 0.562. The van der Waals surface area contributed by atoms with Crippen LogP contribution in [-0.2, 0) is 11.3 Å². The second-order valence-corrected chi connectivity index (χ2v) is 6.90. The average molecular weight is 416 g/mol. The maximum absolute atomic E-state index is 13.2. The van der Waals surface area contributed by atoms with E-state index in [0.29, 0.717) is 34.7 Å². The number of carbonyl (C=O) groups excluding carboxylic acids is 1. The van der Waals surface area contributed by atoms with E-state index >= 15 is 0 Å². The van der Waals surface area contributed by atoms with Crippen LogP contribution in [0.3, 0.4) is 0 Å². The molecule has 3 rings (SSSR count). The van der Waals surface area contributed by atoms with Crippen LogP contribution in [0.1, 0.15) is 6.92 Å². The van der Waals surface area contributed by atoms with E-state index in [0.717, 1.165) is 5.56 Å². The lowest BCUT2D eigenvalue weighted by atomic mass is 10.2. The van der Waals surface area contributed by atoms with Gasteiger partial charge in [-0.3, -0.25) is 4.79 Å². The van der Waals surface area contributed by atoms with Crippen molar-refractivity contribution in [1.82, 2.24) is 14.8 Å². The van der Waals surface area contributed by atoms with Gasteiger partial charge in [-0.1, -0.05) is 11.8 Å². The second-order valence-electron chi connectivity index (χ2n) is 5.96. The smallest absolute Gasteiger partial charge is 0.234 e. The highest BCUT2D eigenvalue weighted by Crippen LogP contribution is 2.29. The van der Waals surface area contributed by atoms with Crippen molar-refractivity contribution in [1.29, 1.82) is 0 Å². The number of carbonyl (C=O) groups is 1. The number of rotatable bonds is 8. The molecule has 7 nitrogen and oxygen atoms in total. The topological polar surface area (TPSA) is 78.3 Å². The Labute approximate surface area is 172 Å². The molecule has 0 unspecified atom stereocenters. The fourth-order valence-corrected chi connectivity index (χ4v) is 3.51. The van der Waals surface area contributed by atoms with Crippen molar-refractivity contribution in [3.05, 3.63) is 48.3 Å². The highest BCUT2D eigenvalue weighted by Gasteiger charge is 2.15. The highest BCUT2D eigenvalue weighted by molar-refractivity contribution is 7.99. The number of benzene rings is 2. The number of amides is 1. The van der Waals surface area contributed by atoms with Crippen LogP contribution < -0.4 is 14.8 Å². The molecule has 0 aliphatic rings. The number of aromatic nitrogens is 3. The van der Waals surface area contributed by atoms with Gasteiger partial charge in [-0.15, -0.1) is 10.2 Å². The lowest BCUT2D eigenvalue weighted by Crippen LogP contribution is -2.15. The molecule has 1 N–H and O–H groups in total. The van der Waals surface area contributed by atoms with E-state index in [4.69, 9.17) is 9.47 Å². The standard InChI is InChI=1S/C20H21FN4O3S/c1-4-25-19(13-5-7-14(21)8-6-13)23-24-20(25)29-12-18(26)22-16-10-9-15(27-2)11-17(16)28-3/h5-11H,4,12H2,1-3H3,(H,22,26). The summed E-state index contributed by atoms with van der Waals surface area (Å²) in [5, 5.41) is 11.8. The molecule has 0 fully saturated rings. The SMILES string of the molecule is CCn1c(SCC(=O)Nc2ccc(OC)cc2OC)nnc1-c1ccc(F)cc1. The first-order valence-electron chi connectivity index (χ1n) is 8.89. The molecule has 0 aliphatic carbocycles. The number of nitrogens with one attached hydrogen (secondary N) is 1.